The molecule has 0 saturated heterocycles. The summed E-state index contributed by atoms with van der Waals surface area (Å²) < 4.78 is 0. The maximum absolute atomic E-state index is 9.06. The van der Waals surface area contributed by atoms with Crippen LogP contribution in [0.2, 0.25) is 5.02 Å². The zero-order valence-corrected chi connectivity index (χ0v) is 10.4. The van der Waals surface area contributed by atoms with Gasteiger partial charge in [-0.15, -0.1) is 0 Å². The molecule has 0 bridgehead atoms. The number of para-hydroxylation sites is 1. The van der Waals surface area contributed by atoms with Gasteiger partial charge in [-0.05, 0) is 18.1 Å². The fraction of sp³-hybridized carbons (Fsp3) is 0.500. The van der Waals surface area contributed by atoms with E-state index in [1.807, 2.05) is 18.2 Å². The molecule has 0 spiro atoms. The highest BCUT2D eigenvalue weighted by atomic mass is 35.5. The summed E-state index contributed by atoms with van der Waals surface area (Å²) in [5.74, 6) is 0. The van der Waals surface area contributed by atoms with Gasteiger partial charge in [-0.25, -0.2) is 0 Å². The molecule has 0 amide bonds. The molecule has 3 N–H and O–H groups in total. The van der Waals surface area contributed by atoms with Gasteiger partial charge >= 0.3 is 0 Å². The van der Waals surface area contributed by atoms with E-state index in [-0.39, 0.29) is 6.61 Å². The minimum atomic E-state index is 0.120. The minimum Gasteiger partial charge on any atom is -0.395 e. The molecule has 90 valence electrons. The first-order chi connectivity index (χ1) is 7.74. The van der Waals surface area contributed by atoms with Crippen LogP contribution in [0.15, 0.2) is 18.2 Å². The fourth-order valence-corrected chi connectivity index (χ4v) is 2.12. The summed E-state index contributed by atoms with van der Waals surface area (Å²) in [6.07, 6.45) is 1.01. The van der Waals surface area contributed by atoms with E-state index in [0.717, 1.165) is 24.2 Å². The number of halogens is 1. The van der Waals surface area contributed by atoms with Crippen molar-refractivity contribution in [3.63, 3.8) is 0 Å². The molecule has 16 heavy (non-hydrogen) atoms. The van der Waals surface area contributed by atoms with Crippen LogP contribution in [0.5, 0.6) is 0 Å². The number of rotatable bonds is 6. The van der Waals surface area contributed by atoms with Crippen LogP contribution in [-0.4, -0.2) is 24.8 Å². The van der Waals surface area contributed by atoms with Crippen LogP contribution < -0.4 is 10.6 Å². The molecule has 1 rings (SSSR count). The molecule has 0 aliphatic rings. The average molecular weight is 243 g/mol. The highest BCUT2D eigenvalue weighted by molar-refractivity contribution is 6.33. The van der Waals surface area contributed by atoms with Crippen LogP contribution >= 0.6 is 11.6 Å². The molecular formula is C12H19ClN2O. The van der Waals surface area contributed by atoms with E-state index in [1.165, 1.54) is 0 Å². The Labute approximate surface area is 102 Å². The molecule has 1 aromatic rings. The zero-order valence-electron chi connectivity index (χ0n) is 9.62. The second kappa shape index (κ2) is 6.74. The fourth-order valence-electron chi connectivity index (χ4n) is 1.80. The van der Waals surface area contributed by atoms with Gasteiger partial charge in [0.05, 0.1) is 17.3 Å². The lowest BCUT2D eigenvalue weighted by Crippen LogP contribution is -2.29. The standard InChI is InChI=1S/C12H19ClN2O/c1-2-6-15(7-8-16)12-10(9-14)4-3-5-11(12)13/h3-5,16H,2,6-9,14H2,1H3. The number of nitrogens with two attached hydrogens (primary N) is 1. The van der Waals surface area contributed by atoms with Crippen molar-refractivity contribution in [2.45, 2.75) is 19.9 Å². The molecule has 0 heterocycles. The Balaban J connectivity index is 3.05. The Morgan fingerprint density at radius 2 is 2.12 bits per heavy atom. The summed E-state index contributed by atoms with van der Waals surface area (Å²) in [7, 11) is 0. The van der Waals surface area contributed by atoms with Crippen LogP contribution in [0.25, 0.3) is 0 Å². The topological polar surface area (TPSA) is 49.5 Å². The van der Waals surface area contributed by atoms with Gasteiger partial charge in [-0.3, -0.25) is 0 Å². The molecule has 0 aliphatic carbocycles. The summed E-state index contributed by atoms with van der Waals surface area (Å²) in [4.78, 5) is 2.09. The van der Waals surface area contributed by atoms with E-state index < -0.39 is 0 Å². The van der Waals surface area contributed by atoms with Crippen LogP contribution in [0, 0.1) is 0 Å². The van der Waals surface area contributed by atoms with E-state index in [9.17, 15) is 0 Å². The molecule has 0 unspecified atom stereocenters. The summed E-state index contributed by atoms with van der Waals surface area (Å²) in [6, 6.07) is 5.73. The first kappa shape index (κ1) is 13.3. The van der Waals surface area contributed by atoms with E-state index >= 15 is 0 Å². The third kappa shape index (κ3) is 3.11. The number of aliphatic hydroxyl groups is 1. The Kier molecular flexibility index (Phi) is 5.60. The van der Waals surface area contributed by atoms with E-state index in [0.29, 0.717) is 18.1 Å². The van der Waals surface area contributed by atoms with Crippen molar-refractivity contribution in [1.29, 1.82) is 0 Å². The van der Waals surface area contributed by atoms with Gasteiger partial charge in [0.2, 0.25) is 0 Å². The molecule has 0 atom stereocenters. The summed E-state index contributed by atoms with van der Waals surface area (Å²) in [5.41, 5.74) is 7.69. The first-order valence-corrected chi connectivity index (χ1v) is 5.95. The number of nitrogens with zero attached hydrogens (tertiary/aromatic N) is 1. The number of benzene rings is 1. The average Bonchev–Trinajstić information content (AvgIpc) is 2.28. The molecule has 3 nitrogen and oxygen atoms in total. The van der Waals surface area contributed by atoms with Crippen molar-refractivity contribution in [2.24, 2.45) is 5.73 Å². The summed E-state index contributed by atoms with van der Waals surface area (Å²) in [5, 5.41) is 9.76. The Morgan fingerprint density at radius 3 is 2.69 bits per heavy atom. The predicted octanol–water partition coefficient (Wildman–Crippen LogP) is 2.01. The quantitative estimate of drug-likeness (QED) is 0.802. The molecule has 0 fully saturated rings. The molecule has 1 aromatic carbocycles. The van der Waals surface area contributed by atoms with Crippen molar-refractivity contribution in [3.8, 4) is 0 Å². The normalized spacial score (nSPS) is 10.5. The molecule has 0 aliphatic heterocycles. The minimum absolute atomic E-state index is 0.120. The smallest absolute Gasteiger partial charge is 0.0642 e. The van der Waals surface area contributed by atoms with E-state index in [1.54, 1.807) is 0 Å². The SMILES string of the molecule is CCCN(CCO)c1c(Cl)cccc1CN. The lowest BCUT2D eigenvalue weighted by molar-refractivity contribution is 0.301. The van der Waals surface area contributed by atoms with E-state index in [4.69, 9.17) is 22.4 Å². The van der Waals surface area contributed by atoms with Gasteiger partial charge < -0.3 is 15.7 Å². The Bertz CT molecular complexity index is 325. The van der Waals surface area contributed by atoms with Crippen molar-refractivity contribution >= 4 is 17.3 Å². The van der Waals surface area contributed by atoms with Gasteiger partial charge in [0.15, 0.2) is 0 Å². The van der Waals surface area contributed by atoms with Crippen molar-refractivity contribution < 1.29 is 5.11 Å². The van der Waals surface area contributed by atoms with Crippen molar-refractivity contribution in [2.75, 3.05) is 24.6 Å². The second-order valence-electron chi connectivity index (χ2n) is 3.66. The van der Waals surface area contributed by atoms with Gasteiger partial charge in [-0.1, -0.05) is 30.7 Å². The lowest BCUT2D eigenvalue weighted by atomic mass is 10.1. The second-order valence-corrected chi connectivity index (χ2v) is 4.07. The van der Waals surface area contributed by atoms with Crippen molar-refractivity contribution in [1.82, 2.24) is 0 Å². The summed E-state index contributed by atoms with van der Waals surface area (Å²) in [6.45, 7) is 4.14. The Hall–Kier alpha value is -0.770. The van der Waals surface area contributed by atoms with Gasteiger partial charge in [0.25, 0.3) is 0 Å². The highest BCUT2D eigenvalue weighted by Gasteiger charge is 2.12. The maximum atomic E-state index is 9.06. The monoisotopic (exact) mass is 242 g/mol. The molecule has 0 radical (unpaired) electrons. The maximum Gasteiger partial charge on any atom is 0.0642 e. The predicted molar refractivity (Wildman–Crippen MR) is 68.9 cm³/mol. The van der Waals surface area contributed by atoms with Gasteiger partial charge in [0, 0.05) is 19.6 Å². The zero-order chi connectivity index (χ0) is 12.0. The largest absolute Gasteiger partial charge is 0.395 e. The van der Waals surface area contributed by atoms with Crippen LogP contribution in [0.3, 0.4) is 0 Å². The first-order valence-electron chi connectivity index (χ1n) is 5.57. The number of hydrogen-bond acceptors (Lipinski definition) is 3. The molecule has 0 saturated carbocycles. The highest BCUT2D eigenvalue weighted by Crippen LogP contribution is 2.29. The third-order valence-electron chi connectivity index (χ3n) is 2.47. The number of aliphatic hydroxyl groups excluding tert-OH is 1. The van der Waals surface area contributed by atoms with Crippen molar-refractivity contribution in [3.05, 3.63) is 28.8 Å². The van der Waals surface area contributed by atoms with Crippen LogP contribution in [0.1, 0.15) is 18.9 Å². The number of hydrogen-bond donors (Lipinski definition) is 2. The lowest BCUT2D eigenvalue weighted by Gasteiger charge is -2.26. The van der Waals surface area contributed by atoms with Crippen LogP contribution in [0.4, 0.5) is 5.69 Å². The van der Waals surface area contributed by atoms with Gasteiger partial charge in [0.1, 0.15) is 0 Å². The van der Waals surface area contributed by atoms with Gasteiger partial charge in [-0.2, -0.15) is 0 Å². The third-order valence-corrected chi connectivity index (χ3v) is 2.77. The number of anilines is 1. The molecular weight excluding hydrogens is 224 g/mol. The van der Waals surface area contributed by atoms with E-state index in [2.05, 4.69) is 11.8 Å². The molecule has 4 heteroatoms. The van der Waals surface area contributed by atoms with Crippen LogP contribution in [-0.2, 0) is 6.54 Å². The summed E-state index contributed by atoms with van der Waals surface area (Å²) >= 11 is 6.20. The Morgan fingerprint density at radius 1 is 1.38 bits per heavy atom. The molecule has 0 aromatic heterocycles.